The van der Waals surface area contributed by atoms with Crippen molar-refractivity contribution in [3.63, 3.8) is 0 Å². The number of nitrogens with zero attached hydrogens (tertiary/aromatic N) is 1. The van der Waals surface area contributed by atoms with E-state index in [1.165, 1.54) is 12.1 Å². The molecule has 1 aliphatic rings. The van der Waals surface area contributed by atoms with Crippen LogP contribution in [0.1, 0.15) is 38.3 Å². The SMILES string of the molecule is CC(C)(C)OC(=O)N1CC=C(c2cc(F)ccc2OCc2ccccc2)CC1. The summed E-state index contributed by atoms with van der Waals surface area (Å²) in [6.07, 6.45) is 2.23. The van der Waals surface area contributed by atoms with E-state index >= 15 is 0 Å². The van der Waals surface area contributed by atoms with Crippen molar-refractivity contribution in [3.05, 3.63) is 71.6 Å². The van der Waals surface area contributed by atoms with Crippen LogP contribution < -0.4 is 4.74 Å². The van der Waals surface area contributed by atoms with E-state index in [2.05, 4.69) is 0 Å². The Morgan fingerprint density at radius 3 is 2.54 bits per heavy atom. The van der Waals surface area contributed by atoms with Gasteiger partial charge < -0.3 is 14.4 Å². The summed E-state index contributed by atoms with van der Waals surface area (Å²) in [5.74, 6) is 0.333. The minimum absolute atomic E-state index is 0.308. The highest BCUT2D eigenvalue weighted by Gasteiger charge is 2.24. The molecular weight excluding hydrogens is 357 g/mol. The third kappa shape index (κ3) is 5.35. The minimum atomic E-state index is -0.526. The molecule has 0 aromatic heterocycles. The van der Waals surface area contributed by atoms with Gasteiger partial charge in [0.2, 0.25) is 0 Å². The Labute approximate surface area is 165 Å². The molecule has 0 radical (unpaired) electrons. The molecule has 1 heterocycles. The third-order valence-electron chi connectivity index (χ3n) is 4.39. The van der Waals surface area contributed by atoms with Crippen molar-refractivity contribution >= 4 is 11.7 Å². The van der Waals surface area contributed by atoms with Crippen LogP contribution in [0.5, 0.6) is 5.75 Å². The first-order chi connectivity index (χ1) is 13.3. The first kappa shape index (κ1) is 19.9. The number of carbonyl (C=O) groups is 1. The molecule has 1 amide bonds. The monoisotopic (exact) mass is 383 g/mol. The Bertz CT molecular complexity index is 856. The Kier molecular flexibility index (Phi) is 6.02. The maximum Gasteiger partial charge on any atom is 0.410 e. The highest BCUT2D eigenvalue weighted by atomic mass is 19.1. The van der Waals surface area contributed by atoms with Crippen LogP contribution in [-0.4, -0.2) is 29.7 Å². The molecule has 1 aliphatic heterocycles. The highest BCUT2D eigenvalue weighted by molar-refractivity contribution is 5.75. The van der Waals surface area contributed by atoms with Gasteiger partial charge in [-0.1, -0.05) is 36.4 Å². The van der Waals surface area contributed by atoms with E-state index in [4.69, 9.17) is 9.47 Å². The standard InChI is InChI=1S/C23H26FNO3/c1-23(2,3)28-22(26)25-13-11-18(12-14-25)20-15-19(24)9-10-21(20)27-16-17-7-5-4-6-8-17/h4-11,15H,12-14,16H2,1-3H3. The molecule has 3 rings (SSSR count). The molecule has 4 nitrogen and oxygen atoms in total. The molecule has 0 spiro atoms. The topological polar surface area (TPSA) is 38.8 Å². The molecule has 28 heavy (non-hydrogen) atoms. The number of hydrogen-bond acceptors (Lipinski definition) is 3. The number of benzene rings is 2. The van der Waals surface area contributed by atoms with Gasteiger partial charge in [0.05, 0.1) is 0 Å². The van der Waals surface area contributed by atoms with Crippen LogP contribution in [0.15, 0.2) is 54.6 Å². The van der Waals surface area contributed by atoms with Crippen LogP contribution in [0.25, 0.3) is 5.57 Å². The van der Waals surface area contributed by atoms with Crippen LogP contribution in [0.3, 0.4) is 0 Å². The second-order valence-electron chi connectivity index (χ2n) is 7.82. The van der Waals surface area contributed by atoms with Gasteiger partial charge in [0.1, 0.15) is 23.8 Å². The van der Waals surface area contributed by atoms with Gasteiger partial charge in [-0.25, -0.2) is 9.18 Å². The van der Waals surface area contributed by atoms with Gasteiger partial charge >= 0.3 is 6.09 Å². The van der Waals surface area contributed by atoms with E-state index in [1.807, 2.05) is 57.2 Å². The molecule has 2 aromatic carbocycles. The lowest BCUT2D eigenvalue weighted by atomic mass is 9.98. The number of carbonyl (C=O) groups excluding carboxylic acids is 1. The molecule has 2 aromatic rings. The molecule has 0 saturated heterocycles. The van der Waals surface area contributed by atoms with Gasteiger partial charge in [0, 0.05) is 18.7 Å². The summed E-state index contributed by atoms with van der Waals surface area (Å²) < 4.78 is 25.3. The first-order valence-electron chi connectivity index (χ1n) is 9.45. The predicted octanol–water partition coefficient (Wildman–Crippen LogP) is 5.43. The highest BCUT2D eigenvalue weighted by Crippen LogP contribution is 2.32. The fraction of sp³-hybridized carbons (Fsp3) is 0.348. The summed E-state index contributed by atoms with van der Waals surface area (Å²) in [6, 6.07) is 14.4. The van der Waals surface area contributed by atoms with Crippen LogP contribution in [0.4, 0.5) is 9.18 Å². The Hall–Kier alpha value is -2.82. The second kappa shape index (κ2) is 8.46. The van der Waals surface area contributed by atoms with Crippen molar-refractivity contribution in [3.8, 4) is 5.75 Å². The van der Waals surface area contributed by atoms with Gasteiger partial charge in [-0.05, 0) is 56.5 Å². The third-order valence-corrected chi connectivity index (χ3v) is 4.39. The molecule has 0 unspecified atom stereocenters. The number of rotatable bonds is 4. The van der Waals surface area contributed by atoms with E-state index in [0.717, 1.165) is 16.7 Å². The Balaban J connectivity index is 1.72. The number of hydrogen-bond donors (Lipinski definition) is 0. The average Bonchev–Trinajstić information content (AvgIpc) is 2.66. The van der Waals surface area contributed by atoms with Gasteiger partial charge in [-0.2, -0.15) is 0 Å². The van der Waals surface area contributed by atoms with E-state index in [0.29, 0.717) is 31.9 Å². The summed E-state index contributed by atoms with van der Waals surface area (Å²) in [5, 5.41) is 0. The largest absolute Gasteiger partial charge is 0.488 e. The van der Waals surface area contributed by atoms with Crippen molar-refractivity contribution in [1.82, 2.24) is 4.90 Å². The molecule has 0 N–H and O–H groups in total. The summed E-state index contributed by atoms with van der Waals surface area (Å²) in [6.45, 7) is 6.91. The van der Waals surface area contributed by atoms with Crippen molar-refractivity contribution in [1.29, 1.82) is 0 Å². The number of amides is 1. The number of ether oxygens (including phenoxy) is 2. The molecular formula is C23H26FNO3. The van der Waals surface area contributed by atoms with Crippen molar-refractivity contribution in [2.45, 2.75) is 39.4 Å². The molecule has 0 fully saturated rings. The smallest absolute Gasteiger partial charge is 0.410 e. The average molecular weight is 383 g/mol. The zero-order valence-corrected chi connectivity index (χ0v) is 16.6. The van der Waals surface area contributed by atoms with Crippen molar-refractivity contribution < 1.29 is 18.7 Å². The van der Waals surface area contributed by atoms with E-state index in [-0.39, 0.29) is 11.9 Å². The zero-order valence-electron chi connectivity index (χ0n) is 16.6. The van der Waals surface area contributed by atoms with E-state index in [9.17, 15) is 9.18 Å². The molecule has 148 valence electrons. The van der Waals surface area contributed by atoms with Gasteiger partial charge in [-0.15, -0.1) is 0 Å². The van der Waals surface area contributed by atoms with Crippen LogP contribution in [0, 0.1) is 5.82 Å². The fourth-order valence-corrected chi connectivity index (χ4v) is 3.02. The molecule has 0 aliphatic carbocycles. The quantitative estimate of drug-likeness (QED) is 0.707. The molecule has 0 atom stereocenters. The Morgan fingerprint density at radius 1 is 1.14 bits per heavy atom. The van der Waals surface area contributed by atoms with Gasteiger partial charge in [-0.3, -0.25) is 0 Å². The summed E-state index contributed by atoms with van der Waals surface area (Å²) in [4.78, 5) is 13.9. The van der Waals surface area contributed by atoms with Gasteiger partial charge in [0.15, 0.2) is 0 Å². The Morgan fingerprint density at radius 2 is 1.89 bits per heavy atom. The molecule has 0 saturated carbocycles. The molecule has 5 heteroatoms. The lowest BCUT2D eigenvalue weighted by Crippen LogP contribution is -2.39. The van der Waals surface area contributed by atoms with E-state index in [1.54, 1.807) is 11.0 Å². The van der Waals surface area contributed by atoms with Crippen LogP contribution in [-0.2, 0) is 11.3 Å². The minimum Gasteiger partial charge on any atom is -0.488 e. The van der Waals surface area contributed by atoms with Crippen molar-refractivity contribution in [2.24, 2.45) is 0 Å². The lowest BCUT2D eigenvalue weighted by molar-refractivity contribution is 0.0270. The predicted molar refractivity (Wildman–Crippen MR) is 108 cm³/mol. The number of halogens is 1. The van der Waals surface area contributed by atoms with Crippen LogP contribution in [0.2, 0.25) is 0 Å². The summed E-state index contributed by atoms with van der Waals surface area (Å²) >= 11 is 0. The maximum absolute atomic E-state index is 13.9. The van der Waals surface area contributed by atoms with Gasteiger partial charge in [0.25, 0.3) is 0 Å². The van der Waals surface area contributed by atoms with Crippen molar-refractivity contribution in [2.75, 3.05) is 13.1 Å². The molecule has 0 bridgehead atoms. The van der Waals surface area contributed by atoms with Crippen LogP contribution >= 0.6 is 0 Å². The second-order valence-corrected chi connectivity index (χ2v) is 7.82. The first-order valence-corrected chi connectivity index (χ1v) is 9.45. The lowest BCUT2D eigenvalue weighted by Gasteiger charge is -2.30. The summed E-state index contributed by atoms with van der Waals surface area (Å²) in [7, 11) is 0. The zero-order chi connectivity index (χ0) is 20.1. The fourth-order valence-electron chi connectivity index (χ4n) is 3.02. The van der Waals surface area contributed by atoms with E-state index < -0.39 is 5.60 Å². The normalized spacial score (nSPS) is 14.4. The summed E-state index contributed by atoms with van der Waals surface area (Å²) in [5.41, 5.74) is 2.23. The maximum atomic E-state index is 13.9.